The minimum absolute atomic E-state index is 0.171. The molecule has 0 aliphatic carbocycles. The van der Waals surface area contributed by atoms with Gasteiger partial charge in [0.1, 0.15) is 0 Å². The van der Waals surface area contributed by atoms with Crippen molar-refractivity contribution in [3.05, 3.63) is 80.1 Å². The Labute approximate surface area is 236 Å². The van der Waals surface area contributed by atoms with Gasteiger partial charge in [-0.1, -0.05) is 29.3 Å². The van der Waals surface area contributed by atoms with E-state index >= 15 is 0 Å². The number of aryl methyl sites for hydroxylation is 1. The van der Waals surface area contributed by atoms with Crippen LogP contribution in [0.1, 0.15) is 47.5 Å². The number of piperazine rings is 1. The van der Waals surface area contributed by atoms with Crippen LogP contribution in [0.15, 0.2) is 41.3 Å². The summed E-state index contributed by atoms with van der Waals surface area (Å²) in [6, 6.07) is 11.6. The number of hydrogen-bond donors (Lipinski definition) is 3. The van der Waals surface area contributed by atoms with Crippen molar-refractivity contribution >= 4 is 57.2 Å². The van der Waals surface area contributed by atoms with Gasteiger partial charge in [-0.05, 0) is 75.2 Å². The molecule has 1 unspecified atom stereocenters. The molecule has 0 bridgehead atoms. The first-order chi connectivity index (χ1) is 18.1. The number of rotatable bonds is 6. The zero-order valence-electron chi connectivity index (χ0n) is 22.0. The number of nitrogens with zero attached hydrogens (tertiary/aromatic N) is 1. The van der Waals surface area contributed by atoms with Gasteiger partial charge in [-0.2, -0.15) is 0 Å². The molecule has 38 heavy (non-hydrogen) atoms. The molecule has 3 N–H and O–H groups in total. The lowest BCUT2D eigenvalue weighted by Crippen LogP contribution is -2.53. The zero-order valence-corrected chi connectivity index (χ0v) is 24.3. The van der Waals surface area contributed by atoms with Crippen LogP contribution in [0.5, 0.6) is 0 Å². The number of H-pyrrole nitrogens is 1. The average Bonchev–Trinajstić information content (AvgIpc) is 3.30. The normalized spacial score (nSPS) is 21.5. The number of halogens is 2. The Balaban J connectivity index is 1.42. The van der Waals surface area contributed by atoms with Crippen molar-refractivity contribution < 1.29 is 9.00 Å². The van der Waals surface area contributed by atoms with Gasteiger partial charge in [0.15, 0.2) is 0 Å². The summed E-state index contributed by atoms with van der Waals surface area (Å²) in [5, 5.41) is 7.50. The van der Waals surface area contributed by atoms with Crippen LogP contribution in [0, 0.1) is 13.8 Å². The van der Waals surface area contributed by atoms with Crippen LogP contribution in [0.2, 0.25) is 10.0 Å². The fourth-order valence-corrected chi connectivity index (χ4v) is 7.37. The van der Waals surface area contributed by atoms with Gasteiger partial charge >= 0.3 is 0 Å². The summed E-state index contributed by atoms with van der Waals surface area (Å²) in [5.74, 6) is 0.0225. The molecule has 2 aliphatic rings. The van der Waals surface area contributed by atoms with Gasteiger partial charge in [-0.15, -0.1) is 0 Å². The standard InChI is InChI=1S/C29H32Cl2N4O2S/c1-16-12-35(13-17(2)32-16)14-23-18(3)28(33-19(23)4)11-22-21-10-20(8-9-27(21)34-29(22)36)38(37)15-24-25(30)6-5-7-26(24)31/h5-11,16-17,32-33H,12-15H2,1-4H3,(H,34,36)/t16-,17+,38?. The second-order valence-electron chi connectivity index (χ2n) is 10.3. The van der Waals surface area contributed by atoms with E-state index in [0.29, 0.717) is 43.8 Å². The van der Waals surface area contributed by atoms with E-state index in [1.165, 1.54) is 5.56 Å². The molecule has 2 aromatic carbocycles. The predicted molar refractivity (Wildman–Crippen MR) is 157 cm³/mol. The van der Waals surface area contributed by atoms with Crippen molar-refractivity contribution in [2.24, 2.45) is 0 Å². The van der Waals surface area contributed by atoms with E-state index in [1.807, 2.05) is 12.1 Å². The maximum absolute atomic E-state index is 13.3. The summed E-state index contributed by atoms with van der Waals surface area (Å²) in [7, 11) is -1.39. The highest BCUT2D eigenvalue weighted by Gasteiger charge is 2.27. The number of benzene rings is 2. The molecule has 6 nitrogen and oxygen atoms in total. The van der Waals surface area contributed by atoms with Gasteiger partial charge in [0, 0.05) is 74.9 Å². The third-order valence-electron chi connectivity index (χ3n) is 7.31. The maximum atomic E-state index is 13.3. The van der Waals surface area contributed by atoms with Gasteiger partial charge in [0.05, 0.1) is 22.1 Å². The number of carbonyl (C=O) groups excluding carboxylic acids is 1. The molecular formula is C29H32Cl2N4O2S. The topological polar surface area (TPSA) is 77.2 Å². The zero-order chi connectivity index (χ0) is 27.1. The number of aromatic amines is 1. The fourth-order valence-electron chi connectivity index (χ4n) is 5.47. The quantitative estimate of drug-likeness (QED) is 0.321. The van der Waals surface area contributed by atoms with Gasteiger partial charge < -0.3 is 15.6 Å². The Bertz CT molecular complexity index is 1430. The minimum Gasteiger partial charge on any atom is -0.359 e. The lowest BCUT2D eigenvalue weighted by Gasteiger charge is -2.36. The number of hydrogen-bond acceptors (Lipinski definition) is 4. The molecule has 5 rings (SSSR count). The van der Waals surface area contributed by atoms with Crippen molar-refractivity contribution in [1.82, 2.24) is 15.2 Å². The highest BCUT2D eigenvalue weighted by Crippen LogP contribution is 2.36. The van der Waals surface area contributed by atoms with Crippen molar-refractivity contribution in [2.75, 3.05) is 18.4 Å². The molecule has 0 spiro atoms. The Morgan fingerprint density at radius 2 is 1.74 bits per heavy atom. The monoisotopic (exact) mass is 570 g/mol. The first-order valence-electron chi connectivity index (χ1n) is 12.8. The van der Waals surface area contributed by atoms with Crippen molar-refractivity contribution in [2.45, 2.75) is 57.0 Å². The molecule has 1 saturated heterocycles. The first-order valence-corrected chi connectivity index (χ1v) is 14.8. The average molecular weight is 572 g/mol. The molecule has 1 fully saturated rings. The van der Waals surface area contributed by atoms with E-state index in [0.717, 1.165) is 42.1 Å². The number of anilines is 1. The van der Waals surface area contributed by atoms with E-state index < -0.39 is 10.8 Å². The first kappa shape index (κ1) is 27.2. The van der Waals surface area contributed by atoms with E-state index in [4.69, 9.17) is 23.2 Å². The maximum Gasteiger partial charge on any atom is 0.256 e. The highest BCUT2D eigenvalue weighted by molar-refractivity contribution is 7.84. The molecule has 3 aromatic rings. The van der Waals surface area contributed by atoms with Crippen LogP contribution in [0.4, 0.5) is 5.69 Å². The molecule has 0 saturated carbocycles. The Morgan fingerprint density at radius 1 is 1.05 bits per heavy atom. The van der Waals surface area contributed by atoms with E-state index in [2.05, 4.69) is 48.2 Å². The number of fused-ring (bicyclic) bond motifs is 1. The summed E-state index contributed by atoms with van der Waals surface area (Å²) in [5.41, 5.74) is 7.09. The predicted octanol–water partition coefficient (Wildman–Crippen LogP) is 5.92. The van der Waals surface area contributed by atoms with Crippen molar-refractivity contribution in [1.29, 1.82) is 0 Å². The lowest BCUT2D eigenvalue weighted by atomic mass is 10.0. The molecule has 1 aromatic heterocycles. The van der Waals surface area contributed by atoms with Gasteiger partial charge in [0.25, 0.3) is 5.91 Å². The largest absolute Gasteiger partial charge is 0.359 e. The molecule has 3 atom stereocenters. The van der Waals surface area contributed by atoms with Gasteiger partial charge in [0.2, 0.25) is 0 Å². The molecular weight excluding hydrogens is 539 g/mol. The number of nitrogens with one attached hydrogen (secondary N) is 3. The summed E-state index contributed by atoms with van der Waals surface area (Å²) in [6.45, 7) is 11.5. The van der Waals surface area contributed by atoms with Crippen LogP contribution in [-0.4, -0.2) is 45.2 Å². The Hall–Kier alpha value is -2.42. The summed E-state index contributed by atoms with van der Waals surface area (Å²) < 4.78 is 13.3. The smallest absolute Gasteiger partial charge is 0.256 e. The van der Waals surface area contributed by atoms with Crippen LogP contribution >= 0.6 is 23.2 Å². The Morgan fingerprint density at radius 3 is 2.42 bits per heavy atom. The second-order valence-corrected chi connectivity index (χ2v) is 12.6. The highest BCUT2D eigenvalue weighted by atomic mass is 35.5. The molecule has 1 amide bonds. The summed E-state index contributed by atoms with van der Waals surface area (Å²) >= 11 is 12.6. The molecule has 2 aliphatic heterocycles. The van der Waals surface area contributed by atoms with Crippen molar-refractivity contribution in [3.63, 3.8) is 0 Å². The lowest BCUT2D eigenvalue weighted by molar-refractivity contribution is -0.110. The van der Waals surface area contributed by atoms with Gasteiger partial charge in [-0.25, -0.2) is 0 Å². The minimum atomic E-state index is -1.39. The number of aromatic nitrogens is 1. The fraction of sp³-hybridized carbons (Fsp3) is 0.345. The van der Waals surface area contributed by atoms with Crippen LogP contribution < -0.4 is 10.6 Å². The Kier molecular flexibility index (Phi) is 7.85. The van der Waals surface area contributed by atoms with Crippen LogP contribution in [-0.2, 0) is 27.9 Å². The van der Waals surface area contributed by atoms with Crippen molar-refractivity contribution in [3.8, 4) is 0 Å². The van der Waals surface area contributed by atoms with E-state index in [-0.39, 0.29) is 11.7 Å². The summed E-state index contributed by atoms with van der Waals surface area (Å²) in [6.07, 6.45) is 1.91. The number of amides is 1. The van der Waals surface area contributed by atoms with Crippen LogP contribution in [0.3, 0.4) is 0 Å². The second kappa shape index (κ2) is 11.0. The summed E-state index contributed by atoms with van der Waals surface area (Å²) in [4.78, 5) is 19.6. The third-order valence-corrected chi connectivity index (χ3v) is 9.35. The third kappa shape index (κ3) is 5.49. The number of carbonyl (C=O) groups is 1. The molecule has 0 radical (unpaired) electrons. The van der Waals surface area contributed by atoms with E-state index in [9.17, 15) is 9.00 Å². The van der Waals surface area contributed by atoms with Crippen LogP contribution in [0.25, 0.3) is 11.6 Å². The van der Waals surface area contributed by atoms with E-state index in [1.54, 1.807) is 30.3 Å². The van der Waals surface area contributed by atoms with Gasteiger partial charge in [-0.3, -0.25) is 13.9 Å². The molecule has 3 heterocycles. The molecule has 200 valence electrons. The molecule has 9 heteroatoms. The SMILES string of the molecule is Cc1[nH]c(C=C2C(=O)Nc3ccc(S(=O)Cc4c(Cl)cccc4Cl)cc32)c(C)c1CN1C[C@@H](C)N[C@@H](C)C1.